The van der Waals surface area contributed by atoms with Gasteiger partial charge in [0, 0.05) is 17.8 Å². The minimum atomic E-state index is -0.681. The zero-order valence-electron chi connectivity index (χ0n) is 8.31. The van der Waals surface area contributed by atoms with Crippen molar-refractivity contribution in [1.29, 1.82) is 0 Å². The Bertz CT molecular complexity index is 428. The van der Waals surface area contributed by atoms with E-state index in [1.165, 1.54) is 13.2 Å². The van der Waals surface area contributed by atoms with E-state index in [0.717, 1.165) is 6.07 Å². The number of non-ortho nitro benzene ring substituents is 1. The molecule has 1 aromatic rings. The minimum Gasteiger partial charge on any atom is -0.465 e. The number of esters is 1. The summed E-state index contributed by atoms with van der Waals surface area (Å²) in [5, 5.41) is 10.5. The van der Waals surface area contributed by atoms with Crippen molar-refractivity contribution in [2.75, 3.05) is 12.8 Å². The first kappa shape index (κ1) is 11.0. The number of benzene rings is 1. The topological polar surface area (TPSA) is 95.5 Å². The monoisotopic (exact) mass is 210 g/mol. The number of nitro groups is 1. The van der Waals surface area contributed by atoms with Gasteiger partial charge in [0.25, 0.3) is 5.69 Å². The van der Waals surface area contributed by atoms with Crippen LogP contribution in [0.1, 0.15) is 15.9 Å². The summed E-state index contributed by atoms with van der Waals surface area (Å²) in [6.07, 6.45) is 0. The molecule has 0 radical (unpaired) electrons. The number of hydrogen-bond acceptors (Lipinski definition) is 5. The molecule has 6 nitrogen and oxygen atoms in total. The first-order valence-corrected chi connectivity index (χ1v) is 4.10. The molecule has 0 spiro atoms. The molecule has 0 unspecified atom stereocenters. The molecule has 6 heteroatoms. The molecule has 15 heavy (non-hydrogen) atoms. The van der Waals surface area contributed by atoms with Crippen molar-refractivity contribution in [3.8, 4) is 0 Å². The van der Waals surface area contributed by atoms with Gasteiger partial charge in [0.15, 0.2) is 0 Å². The Morgan fingerprint density at radius 1 is 1.53 bits per heavy atom. The van der Waals surface area contributed by atoms with E-state index < -0.39 is 10.9 Å². The van der Waals surface area contributed by atoms with Crippen LogP contribution in [-0.4, -0.2) is 18.0 Å². The first-order valence-electron chi connectivity index (χ1n) is 4.10. The normalized spacial score (nSPS) is 9.73. The largest absolute Gasteiger partial charge is 0.465 e. The zero-order valence-corrected chi connectivity index (χ0v) is 8.31. The van der Waals surface area contributed by atoms with E-state index in [2.05, 4.69) is 4.74 Å². The molecule has 0 saturated carbocycles. The Morgan fingerprint density at radius 2 is 2.13 bits per heavy atom. The van der Waals surface area contributed by atoms with Crippen molar-refractivity contribution in [3.05, 3.63) is 33.4 Å². The van der Waals surface area contributed by atoms with E-state index >= 15 is 0 Å². The number of nitrogens with two attached hydrogens (primary N) is 1. The minimum absolute atomic E-state index is 0.0178. The van der Waals surface area contributed by atoms with Gasteiger partial charge in [-0.05, 0) is 12.5 Å². The van der Waals surface area contributed by atoms with Gasteiger partial charge in [-0.2, -0.15) is 0 Å². The van der Waals surface area contributed by atoms with Crippen LogP contribution in [-0.2, 0) is 4.74 Å². The van der Waals surface area contributed by atoms with Gasteiger partial charge >= 0.3 is 5.97 Å². The second kappa shape index (κ2) is 3.95. The number of carbonyl (C=O) groups excluding carboxylic acids is 1. The van der Waals surface area contributed by atoms with Gasteiger partial charge in [-0.25, -0.2) is 4.79 Å². The molecular formula is C9H10N2O4. The third kappa shape index (κ3) is 2.04. The predicted octanol–water partition coefficient (Wildman–Crippen LogP) is 1.27. The fraction of sp³-hybridized carbons (Fsp3) is 0.222. The van der Waals surface area contributed by atoms with E-state index in [0.29, 0.717) is 5.56 Å². The summed E-state index contributed by atoms with van der Waals surface area (Å²) < 4.78 is 4.47. The summed E-state index contributed by atoms with van der Waals surface area (Å²) in [5.74, 6) is -0.681. The van der Waals surface area contributed by atoms with Crippen LogP contribution in [0.5, 0.6) is 0 Å². The molecule has 0 aliphatic rings. The van der Waals surface area contributed by atoms with Crippen LogP contribution in [0.2, 0.25) is 0 Å². The van der Waals surface area contributed by atoms with Gasteiger partial charge in [0.2, 0.25) is 0 Å². The Morgan fingerprint density at radius 3 is 2.60 bits per heavy atom. The molecular weight excluding hydrogens is 200 g/mol. The van der Waals surface area contributed by atoms with Gasteiger partial charge < -0.3 is 10.5 Å². The quantitative estimate of drug-likeness (QED) is 0.343. The van der Waals surface area contributed by atoms with E-state index in [1.807, 2.05) is 0 Å². The van der Waals surface area contributed by atoms with E-state index in [1.54, 1.807) is 6.92 Å². The standard InChI is InChI=1S/C9H10N2O4/c1-5-3-6(11(13)14)4-7(8(5)10)9(12)15-2/h3-4H,10H2,1-2H3. The average molecular weight is 210 g/mol. The van der Waals surface area contributed by atoms with Crippen LogP contribution in [0, 0.1) is 17.0 Å². The lowest BCUT2D eigenvalue weighted by atomic mass is 10.1. The molecule has 2 N–H and O–H groups in total. The lowest BCUT2D eigenvalue weighted by molar-refractivity contribution is -0.384. The number of rotatable bonds is 2. The van der Waals surface area contributed by atoms with Gasteiger partial charge in [-0.15, -0.1) is 0 Å². The van der Waals surface area contributed by atoms with Crippen molar-refractivity contribution < 1.29 is 14.5 Å². The number of ether oxygens (including phenoxy) is 1. The van der Waals surface area contributed by atoms with E-state index in [9.17, 15) is 14.9 Å². The lowest BCUT2D eigenvalue weighted by Gasteiger charge is -2.06. The number of carbonyl (C=O) groups is 1. The third-order valence-electron chi connectivity index (χ3n) is 1.99. The second-order valence-electron chi connectivity index (χ2n) is 2.97. The highest BCUT2D eigenvalue weighted by molar-refractivity contribution is 5.96. The molecule has 0 saturated heterocycles. The van der Waals surface area contributed by atoms with Crippen LogP contribution < -0.4 is 5.73 Å². The third-order valence-corrected chi connectivity index (χ3v) is 1.99. The maximum Gasteiger partial charge on any atom is 0.340 e. The fourth-order valence-corrected chi connectivity index (χ4v) is 1.16. The summed E-state index contributed by atoms with van der Waals surface area (Å²) >= 11 is 0. The molecule has 1 rings (SSSR count). The van der Waals surface area contributed by atoms with Gasteiger partial charge in [0.05, 0.1) is 17.6 Å². The number of hydrogen-bond donors (Lipinski definition) is 1. The van der Waals surface area contributed by atoms with Crippen molar-refractivity contribution >= 4 is 17.3 Å². The molecule has 0 amide bonds. The molecule has 1 aromatic carbocycles. The lowest BCUT2D eigenvalue weighted by Crippen LogP contribution is -2.08. The van der Waals surface area contributed by atoms with Crippen molar-refractivity contribution in [1.82, 2.24) is 0 Å². The number of aryl methyl sites for hydroxylation is 1. The summed E-state index contributed by atoms with van der Waals surface area (Å²) in [5.41, 5.74) is 6.12. The molecule has 80 valence electrons. The molecule has 0 heterocycles. The Labute approximate surface area is 85.8 Å². The van der Waals surface area contributed by atoms with Gasteiger partial charge in [-0.1, -0.05) is 0 Å². The zero-order chi connectivity index (χ0) is 11.6. The van der Waals surface area contributed by atoms with E-state index in [-0.39, 0.29) is 16.9 Å². The van der Waals surface area contributed by atoms with Crippen LogP contribution in [0.3, 0.4) is 0 Å². The summed E-state index contributed by atoms with van der Waals surface area (Å²) in [6, 6.07) is 2.41. The second-order valence-corrected chi connectivity index (χ2v) is 2.97. The van der Waals surface area contributed by atoms with Crippen molar-refractivity contribution in [2.24, 2.45) is 0 Å². The number of anilines is 1. The van der Waals surface area contributed by atoms with Crippen molar-refractivity contribution in [3.63, 3.8) is 0 Å². The number of nitrogen functional groups attached to an aromatic ring is 1. The smallest absolute Gasteiger partial charge is 0.340 e. The molecule has 0 aliphatic carbocycles. The fourth-order valence-electron chi connectivity index (χ4n) is 1.16. The van der Waals surface area contributed by atoms with Gasteiger partial charge in [0.1, 0.15) is 0 Å². The maximum absolute atomic E-state index is 11.2. The highest BCUT2D eigenvalue weighted by Gasteiger charge is 2.17. The average Bonchev–Trinajstić information content (AvgIpc) is 2.20. The Balaban J connectivity index is 3.37. The van der Waals surface area contributed by atoms with Crippen molar-refractivity contribution in [2.45, 2.75) is 6.92 Å². The van der Waals surface area contributed by atoms with Crippen LogP contribution in [0.15, 0.2) is 12.1 Å². The number of nitrogens with zero attached hydrogens (tertiary/aromatic N) is 1. The molecule has 0 aliphatic heterocycles. The predicted molar refractivity (Wildman–Crippen MR) is 53.6 cm³/mol. The van der Waals surface area contributed by atoms with Crippen LogP contribution >= 0.6 is 0 Å². The number of nitro benzene ring substituents is 1. The maximum atomic E-state index is 11.2. The number of methoxy groups -OCH3 is 1. The summed E-state index contributed by atoms with van der Waals surface area (Å²) in [6.45, 7) is 1.59. The van der Waals surface area contributed by atoms with E-state index in [4.69, 9.17) is 5.73 Å². The summed E-state index contributed by atoms with van der Waals surface area (Å²) in [7, 11) is 1.19. The summed E-state index contributed by atoms with van der Waals surface area (Å²) in [4.78, 5) is 21.2. The first-order chi connectivity index (χ1) is 6.97. The molecule has 0 bridgehead atoms. The molecule has 0 aromatic heterocycles. The van der Waals surface area contributed by atoms with Gasteiger partial charge in [-0.3, -0.25) is 10.1 Å². The highest BCUT2D eigenvalue weighted by atomic mass is 16.6. The molecule has 0 atom stereocenters. The molecule has 0 fully saturated rings. The van der Waals surface area contributed by atoms with Crippen LogP contribution in [0.4, 0.5) is 11.4 Å². The SMILES string of the molecule is COC(=O)c1cc([N+](=O)[O-])cc(C)c1N. The van der Waals surface area contributed by atoms with Crippen LogP contribution in [0.25, 0.3) is 0 Å². The highest BCUT2D eigenvalue weighted by Crippen LogP contribution is 2.24. The Hall–Kier alpha value is -2.11. The Kier molecular flexibility index (Phi) is 2.89.